The number of thioether (sulfide) groups is 1. The molecule has 98 valence electrons. The van der Waals surface area contributed by atoms with E-state index in [0.717, 1.165) is 3.57 Å². The van der Waals surface area contributed by atoms with E-state index in [1.54, 1.807) is 23.9 Å². The van der Waals surface area contributed by atoms with Gasteiger partial charge in [0.15, 0.2) is 0 Å². The van der Waals surface area contributed by atoms with Crippen molar-refractivity contribution in [2.45, 2.75) is 19.1 Å². The Morgan fingerprint density at radius 1 is 1.39 bits per heavy atom. The summed E-state index contributed by atoms with van der Waals surface area (Å²) >= 11 is 3.57. The molecule has 0 aliphatic rings. The molecule has 0 aliphatic heterocycles. The summed E-state index contributed by atoms with van der Waals surface area (Å²) < 4.78 is 0.777. The van der Waals surface area contributed by atoms with Crippen molar-refractivity contribution >= 4 is 51.9 Å². The largest absolute Gasteiger partial charge is 0.478 e. The second-order valence-corrected chi connectivity index (χ2v) is 6.75. The third-order valence-electron chi connectivity index (χ3n) is 1.98. The first-order chi connectivity index (χ1) is 8.38. The molecule has 4 nitrogen and oxygen atoms in total. The Bertz CT molecular complexity index is 463. The van der Waals surface area contributed by atoms with Gasteiger partial charge in [-0.1, -0.05) is 13.8 Å². The molecule has 6 heteroatoms. The quantitative estimate of drug-likeness (QED) is 0.772. The molecule has 0 saturated carbocycles. The van der Waals surface area contributed by atoms with Gasteiger partial charge in [-0.15, -0.1) is 11.8 Å². The summed E-state index contributed by atoms with van der Waals surface area (Å²) in [6.45, 7) is 4.04. The Balaban J connectivity index is 2.72. The van der Waals surface area contributed by atoms with Gasteiger partial charge in [-0.2, -0.15) is 0 Å². The monoisotopic (exact) mass is 379 g/mol. The number of hydrogen-bond donors (Lipinski definition) is 2. The fourth-order valence-electron chi connectivity index (χ4n) is 1.22. The molecule has 0 radical (unpaired) electrons. The van der Waals surface area contributed by atoms with Gasteiger partial charge in [0.05, 0.1) is 11.3 Å². The predicted molar refractivity (Wildman–Crippen MR) is 82.3 cm³/mol. The van der Waals surface area contributed by atoms with Crippen molar-refractivity contribution < 1.29 is 14.7 Å². The molecule has 2 N–H and O–H groups in total. The Morgan fingerprint density at radius 2 is 2.06 bits per heavy atom. The van der Waals surface area contributed by atoms with Crippen LogP contribution in [0.4, 0.5) is 5.69 Å². The molecule has 0 saturated heterocycles. The lowest BCUT2D eigenvalue weighted by Gasteiger charge is -2.08. The van der Waals surface area contributed by atoms with Crippen LogP contribution < -0.4 is 5.32 Å². The van der Waals surface area contributed by atoms with Crippen LogP contribution in [0, 0.1) is 3.57 Å². The lowest BCUT2D eigenvalue weighted by Crippen LogP contribution is -2.15. The fourth-order valence-corrected chi connectivity index (χ4v) is 2.45. The van der Waals surface area contributed by atoms with Gasteiger partial charge in [-0.3, -0.25) is 4.79 Å². The van der Waals surface area contributed by atoms with Crippen LogP contribution in [0.25, 0.3) is 0 Å². The molecule has 18 heavy (non-hydrogen) atoms. The van der Waals surface area contributed by atoms with E-state index < -0.39 is 5.97 Å². The number of carboxylic acids is 1. The number of hydrogen-bond acceptors (Lipinski definition) is 3. The molecule has 1 aromatic carbocycles. The number of aromatic carboxylic acids is 1. The Hall–Kier alpha value is -0.760. The highest BCUT2D eigenvalue weighted by Gasteiger charge is 2.09. The topological polar surface area (TPSA) is 66.4 Å². The van der Waals surface area contributed by atoms with Crippen molar-refractivity contribution in [3.05, 3.63) is 27.3 Å². The minimum Gasteiger partial charge on any atom is -0.478 e. The van der Waals surface area contributed by atoms with E-state index in [0.29, 0.717) is 16.7 Å². The number of nitrogens with one attached hydrogen (secondary N) is 1. The van der Waals surface area contributed by atoms with Crippen LogP contribution in [0.2, 0.25) is 0 Å². The summed E-state index contributed by atoms with van der Waals surface area (Å²) in [7, 11) is 0. The SMILES string of the molecule is CC(C)SCC(=O)Nc1cc(I)cc(C(=O)O)c1. The minimum atomic E-state index is -0.999. The number of carbonyl (C=O) groups is 2. The Morgan fingerprint density at radius 3 is 2.61 bits per heavy atom. The zero-order valence-corrected chi connectivity index (χ0v) is 13.0. The first-order valence-electron chi connectivity index (χ1n) is 5.34. The molecule has 0 spiro atoms. The van der Waals surface area contributed by atoms with Gasteiger partial charge in [0.1, 0.15) is 0 Å². The number of carboxylic acid groups (broad SMARTS) is 1. The van der Waals surface area contributed by atoms with Crippen molar-refractivity contribution in [1.82, 2.24) is 0 Å². The molecular weight excluding hydrogens is 365 g/mol. The number of halogens is 1. The van der Waals surface area contributed by atoms with Gasteiger partial charge in [0.2, 0.25) is 5.91 Å². The van der Waals surface area contributed by atoms with Crippen LogP contribution in [0.3, 0.4) is 0 Å². The van der Waals surface area contributed by atoms with Crippen LogP contribution >= 0.6 is 34.4 Å². The molecule has 0 atom stereocenters. The summed E-state index contributed by atoms with van der Waals surface area (Å²) in [5.74, 6) is -0.751. The van der Waals surface area contributed by atoms with E-state index in [1.165, 1.54) is 6.07 Å². The third kappa shape index (κ3) is 5.26. The van der Waals surface area contributed by atoms with Crippen molar-refractivity contribution in [2.75, 3.05) is 11.1 Å². The zero-order valence-electron chi connectivity index (χ0n) is 10.1. The average Bonchev–Trinajstić information content (AvgIpc) is 2.25. The van der Waals surface area contributed by atoms with Crippen LogP contribution in [0.1, 0.15) is 24.2 Å². The maximum Gasteiger partial charge on any atom is 0.335 e. The van der Waals surface area contributed by atoms with Gasteiger partial charge in [-0.05, 0) is 46.0 Å². The van der Waals surface area contributed by atoms with Gasteiger partial charge in [0, 0.05) is 9.26 Å². The second-order valence-electron chi connectivity index (χ2n) is 3.94. The number of rotatable bonds is 5. The van der Waals surface area contributed by atoms with Crippen molar-refractivity contribution in [2.24, 2.45) is 0 Å². The highest BCUT2D eigenvalue weighted by Crippen LogP contribution is 2.17. The van der Waals surface area contributed by atoms with Gasteiger partial charge in [-0.25, -0.2) is 4.79 Å². The first kappa shape index (κ1) is 15.3. The van der Waals surface area contributed by atoms with E-state index in [1.807, 2.05) is 36.4 Å². The molecule has 0 bridgehead atoms. The third-order valence-corrected chi connectivity index (χ3v) is 3.69. The maximum atomic E-state index is 11.6. The van der Waals surface area contributed by atoms with E-state index >= 15 is 0 Å². The number of anilines is 1. The summed E-state index contributed by atoms with van der Waals surface area (Å²) in [6, 6.07) is 4.76. The molecule has 0 aromatic heterocycles. The van der Waals surface area contributed by atoms with Crippen LogP contribution in [-0.2, 0) is 4.79 Å². The van der Waals surface area contributed by atoms with E-state index in [4.69, 9.17) is 5.11 Å². The molecule has 0 fully saturated rings. The predicted octanol–water partition coefficient (Wildman–Crippen LogP) is 3.07. The summed E-state index contributed by atoms with van der Waals surface area (Å²) in [5.41, 5.74) is 0.697. The van der Waals surface area contributed by atoms with Gasteiger partial charge in [0.25, 0.3) is 0 Å². The standard InChI is InChI=1S/C12H14INO3S/c1-7(2)18-6-11(15)14-10-4-8(12(16)17)3-9(13)5-10/h3-5,7H,6H2,1-2H3,(H,14,15)(H,16,17). The molecule has 1 rings (SSSR count). The molecule has 1 aromatic rings. The average molecular weight is 379 g/mol. The zero-order chi connectivity index (χ0) is 13.7. The Kier molecular flexibility index (Phi) is 5.94. The lowest BCUT2D eigenvalue weighted by molar-refractivity contribution is -0.113. The number of benzene rings is 1. The van der Waals surface area contributed by atoms with E-state index in [2.05, 4.69) is 5.32 Å². The summed E-state index contributed by atoms with van der Waals surface area (Å²) in [6.07, 6.45) is 0. The highest BCUT2D eigenvalue weighted by molar-refractivity contribution is 14.1. The minimum absolute atomic E-state index is 0.118. The molecular formula is C12H14INO3S. The van der Waals surface area contributed by atoms with Gasteiger partial charge < -0.3 is 10.4 Å². The highest BCUT2D eigenvalue weighted by atomic mass is 127. The van der Waals surface area contributed by atoms with Crippen molar-refractivity contribution in [3.63, 3.8) is 0 Å². The van der Waals surface area contributed by atoms with Crippen LogP contribution in [-0.4, -0.2) is 28.0 Å². The van der Waals surface area contributed by atoms with E-state index in [9.17, 15) is 9.59 Å². The smallest absolute Gasteiger partial charge is 0.335 e. The summed E-state index contributed by atoms with van der Waals surface area (Å²) in [4.78, 5) is 22.5. The number of amides is 1. The first-order valence-corrected chi connectivity index (χ1v) is 7.46. The Labute approximate surface area is 124 Å². The van der Waals surface area contributed by atoms with Gasteiger partial charge >= 0.3 is 5.97 Å². The lowest BCUT2D eigenvalue weighted by atomic mass is 10.2. The van der Waals surface area contributed by atoms with Crippen LogP contribution in [0.15, 0.2) is 18.2 Å². The summed E-state index contributed by atoms with van der Waals surface area (Å²) in [5, 5.41) is 12.0. The normalized spacial score (nSPS) is 10.4. The number of carbonyl (C=O) groups excluding carboxylic acids is 1. The molecule has 0 aliphatic carbocycles. The van der Waals surface area contributed by atoms with E-state index in [-0.39, 0.29) is 11.5 Å². The maximum absolute atomic E-state index is 11.6. The van der Waals surface area contributed by atoms with Crippen LogP contribution in [0.5, 0.6) is 0 Å². The molecule has 0 heterocycles. The molecule has 0 unspecified atom stereocenters. The fraction of sp³-hybridized carbons (Fsp3) is 0.333. The molecule has 1 amide bonds. The van der Waals surface area contributed by atoms with Crippen molar-refractivity contribution in [3.8, 4) is 0 Å². The van der Waals surface area contributed by atoms with Crippen molar-refractivity contribution in [1.29, 1.82) is 0 Å². The second kappa shape index (κ2) is 6.98.